The SMILES string of the molecule is CCc1ccc(C(=O)Nc2c(C)nn(Cc3cccc(C)c3)c2C)cc1. The first-order chi connectivity index (χ1) is 12.5. The number of carbonyl (C=O) groups excluding carboxylic acids is 1. The number of aryl methyl sites for hydroxylation is 3. The highest BCUT2D eigenvalue weighted by Gasteiger charge is 2.15. The number of hydrogen-bond donors (Lipinski definition) is 1. The van der Waals surface area contributed by atoms with Gasteiger partial charge in [-0.25, -0.2) is 0 Å². The van der Waals surface area contributed by atoms with Gasteiger partial charge in [-0.05, 0) is 50.5 Å². The van der Waals surface area contributed by atoms with Crippen molar-refractivity contribution in [3.05, 3.63) is 82.2 Å². The normalized spacial score (nSPS) is 10.8. The van der Waals surface area contributed by atoms with Gasteiger partial charge in [-0.2, -0.15) is 5.10 Å². The van der Waals surface area contributed by atoms with Gasteiger partial charge in [0.15, 0.2) is 0 Å². The fourth-order valence-corrected chi connectivity index (χ4v) is 3.09. The average molecular weight is 347 g/mol. The highest BCUT2D eigenvalue weighted by molar-refractivity contribution is 6.04. The van der Waals surface area contributed by atoms with Gasteiger partial charge in [0, 0.05) is 5.56 Å². The molecule has 26 heavy (non-hydrogen) atoms. The number of nitrogens with one attached hydrogen (secondary N) is 1. The van der Waals surface area contributed by atoms with Crippen LogP contribution in [-0.4, -0.2) is 15.7 Å². The third-order valence-electron chi connectivity index (χ3n) is 4.66. The second-order valence-electron chi connectivity index (χ2n) is 6.70. The highest BCUT2D eigenvalue weighted by atomic mass is 16.1. The number of aromatic nitrogens is 2. The lowest BCUT2D eigenvalue weighted by molar-refractivity contribution is 0.102. The van der Waals surface area contributed by atoms with E-state index >= 15 is 0 Å². The van der Waals surface area contributed by atoms with E-state index in [4.69, 9.17) is 0 Å². The number of benzene rings is 2. The van der Waals surface area contributed by atoms with Crippen LogP contribution in [0, 0.1) is 20.8 Å². The Kier molecular flexibility index (Phi) is 5.21. The smallest absolute Gasteiger partial charge is 0.255 e. The van der Waals surface area contributed by atoms with Gasteiger partial charge in [0.25, 0.3) is 5.91 Å². The van der Waals surface area contributed by atoms with E-state index in [1.54, 1.807) is 0 Å². The summed E-state index contributed by atoms with van der Waals surface area (Å²) in [6.07, 6.45) is 0.964. The lowest BCUT2D eigenvalue weighted by atomic mass is 10.1. The summed E-state index contributed by atoms with van der Waals surface area (Å²) in [6, 6.07) is 16.1. The fourth-order valence-electron chi connectivity index (χ4n) is 3.09. The largest absolute Gasteiger partial charge is 0.319 e. The fraction of sp³-hybridized carbons (Fsp3) is 0.273. The van der Waals surface area contributed by atoms with Gasteiger partial charge in [-0.15, -0.1) is 0 Å². The number of carbonyl (C=O) groups is 1. The van der Waals surface area contributed by atoms with Crippen molar-refractivity contribution in [2.45, 2.75) is 40.7 Å². The zero-order valence-electron chi connectivity index (χ0n) is 15.8. The second kappa shape index (κ2) is 7.56. The minimum Gasteiger partial charge on any atom is -0.319 e. The average Bonchev–Trinajstić information content (AvgIpc) is 2.89. The van der Waals surface area contributed by atoms with Crippen LogP contribution in [0.5, 0.6) is 0 Å². The Bertz CT molecular complexity index is 923. The number of amides is 1. The molecule has 1 amide bonds. The summed E-state index contributed by atoms with van der Waals surface area (Å²) in [5, 5.41) is 7.64. The molecule has 0 aliphatic rings. The third-order valence-corrected chi connectivity index (χ3v) is 4.66. The van der Waals surface area contributed by atoms with E-state index in [2.05, 4.69) is 48.5 Å². The van der Waals surface area contributed by atoms with Crippen LogP contribution in [0.25, 0.3) is 0 Å². The van der Waals surface area contributed by atoms with Gasteiger partial charge >= 0.3 is 0 Å². The molecule has 3 aromatic rings. The summed E-state index contributed by atoms with van der Waals surface area (Å²) < 4.78 is 1.94. The topological polar surface area (TPSA) is 46.9 Å². The second-order valence-corrected chi connectivity index (χ2v) is 6.70. The van der Waals surface area contributed by atoms with Gasteiger partial charge in [-0.3, -0.25) is 9.48 Å². The molecule has 0 unspecified atom stereocenters. The lowest BCUT2D eigenvalue weighted by Gasteiger charge is -2.08. The molecule has 0 spiro atoms. The van der Waals surface area contributed by atoms with Gasteiger partial charge < -0.3 is 5.32 Å². The molecule has 134 valence electrons. The first kappa shape index (κ1) is 17.9. The summed E-state index contributed by atoms with van der Waals surface area (Å²) >= 11 is 0. The Labute approximate surface area is 154 Å². The Morgan fingerprint density at radius 3 is 2.42 bits per heavy atom. The molecule has 0 aliphatic heterocycles. The van der Waals surface area contributed by atoms with Crippen molar-refractivity contribution >= 4 is 11.6 Å². The molecule has 2 aromatic carbocycles. The van der Waals surface area contributed by atoms with E-state index < -0.39 is 0 Å². The summed E-state index contributed by atoms with van der Waals surface area (Å²) in [5.41, 5.74) is 6.89. The minimum absolute atomic E-state index is 0.103. The molecule has 3 rings (SSSR count). The molecule has 4 nitrogen and oxygen atoms in total. The maximum Gasteiger partial charge on any atom is 0.255 e. The van der Waals surface area contributed by atoms with Crippen LogP contribution < -0.4 is 5.32 Å². The van der Waals surface area contributed by atoms with Crippen LogP contribution in [0.3, 0.4) is 0 Å². The lowest BCUT2D eigenvalue weighted by Crippen LogP contribution is -2.13. The standard InChI is InChI=1S/C22H25N3O/c1-5-18-9-11-20(12-10-18)22(26)23-21-16(3)24-25(17(21)4)14-19-8-6-7-15(2)13-19/h6-13H,5,14H2,1-4H3,(H,23,26). The van der Waals surface area contributed by atoms with E-state index in [1.165, 1.54) is 16.7 Å². The van der Waals surface area contributed by atoms with E-state index in [9.17, 15) is 4.79 Å². The molecule has 0 saturated heterocycles. The van der Waals surface area contributed by atoms with Gasteiger partial charge in [0.05, 0.1) is 23.6 Å². The molecule has 1 aromatic heterocycles. The molecule has 0 fully saturated rings. The van der Waals surface area contributed by atoms with Gasteiger partial charge in [0.1, 0.15) is 0 Å². The van der Waals surface area contributed by atoms with Crippen molar-refractivity contribution in [1.29, 1.82) is 0 Å². The molecular weight excluding hydrogens is 322 g/mol. The molecule has 1 N–H and O–H groups in total. The zero-order valence-corrected chi connectivity index (χ0v) is 15.8. The van der Waals surface area contributed by atoms with Crippen molar-refractivity contribution in [1.82, 2.24) is 9.78 Å². The highest BCUT2D eigenvalue weighted by Crippen LogP contribution is 2.21. The van der Waals surface area contributed by atoms with Crippen molar-refractivity contribution in [3.8, 4) is 0 Å². The monoisotopic (exact) mass is 347 g/mol. The van der Waals surface area contributed by atoms with E-state index in [0.29, 0.717) is 12.1 Å². The molecule has 0 bridgehead atoms. The van der Waals surface area contributed by atoms with Crippen molar-refractivity contribution in [3.63, 3.8) is 0 Å². The molecule has 0 atom stereocenters. The van der Waals surface area contributed by atoms with Gasteiger partial charge in [0.2, 0.25) is 0 Å². The molecule has 0 aliphatic carbocycles. The van der Waals surface area contributed by atoms with Crippen LogP contribution in [0.1, 0.15) is 45.4 Å². The Morgan fingerprint density at radius 2 is 1.77 bits per heavy atom. The minimum atomic E-state index is -0.103. The Balaban J connectivity index is 1.80. The summed E-state index contributed by atoms with van der Waals surface area (Å²) in [7, 11) is 0. The number of rotatable bonds is 5. The first-order valence-electron chi connectivity index (χ1n) is 8.97. The quantitative estimate of drug-likeness (QED) is 0.729. The molecule has 0 saturated carbocycles. The predicted molar refractivity (Wildman–Crippen MR) is 106 cm³/mol. The van der Waals surface area contributed by atoms with Crippen LogP contribution >= 0.6 is 0 Å². The van der Waals surface area contributed by atoms with Crippen molar-refractivity contribution in [2.75, 3.05) is 5.32 Å². The number of nitrogens with zero attached hydrogens (tertiary/aromatic N) is 2. The van der Waals surface area contributed by atoms with Crippen LogP contribution in [0.15, 0.2) is 48.5 Å². The number of hydrogen-bond acceptors (Lipinski definition) is 2. The Morgan fingerprint density at radius 1 is 1.04 bits per heavy atom. The first-order valence-corrected chi connectivity index (χ1v) is 8.97. The van der Waals surface area contributed by atoms with Gasteiger partial charge in [-0.1, -0.05) is 48.9 Å². The van der Waals surface area contributed by atoms with Crippen molar-refractivity contribution < 1.29 is 4.79 Å². The number of anilines is 1. The molecular formula is C22H25N3O. The van der Waals surface area contributed by atoms with Crippen LogP contribution in [-0.2, 0) is 13.0 Å². The summed E-state index contributed by atoms with van der Waals surface area (Å²) in [4.78, 5) is 12.6. The molecule has 4 heteroatoms. The zero-order chi connectivity index (χ0) is 18.7. The van der Waals surface area contributed by atoms with Crippen LogP contribution in [0.4, 0.5) is 5.69 Å². The molecule has 1 heterocycles. The van der Waals surface area contributed by atoms with E-state index in [0.717, 1.165) is 23.5 Å². The summed E-state index contributed by atoms with van der Waals surface area (Å²) in [6.45, 7) is 8.79. The molecule has 0 radical (unpaired) electrons. The van der Waals surface area contributed by atoms with Crippen LogP contribution in [0.2, 0.25) is 0 Å². The Hall–Kier alpha value is -2.88. The van der Waals surface area contributed by atoms with Crippen molar-refractivity contribution in [2.24, 2.45) is 0 Å². The predicted octanol–water partition coefficient (Wildman–Crippen LogP) is 4.67. The summed E-state index contributed by atoms with van der Waals surface area (Å²) in [5.74, 6) is -0.103. The maximum absolute atomic E-state index is 12.6. The van der Waals surface area contributed by atoms with E-state index in [1.807, 2.05) is 42.8 Å². The third kappa shape index (κ3) is 3.85. The van der Waals surface area contributed by atoms with E-state index in [-0.39, 0.29) is 5.91 Å². The maximum atomic E-state index is 12.6.